The van der Waals surface area contributed by atoms with Crippen molar-refractivity contribution in [2.45, 2.75) is 19.6 Å². The van der Waals surface area contributed by atoms with E-state index in [-0.39, 0.29) is 6.29 Å². The zero-order chi connectivity index (χ0) is 9.80. The molecule has 0 aromatic rings. The van der Waals surface area contributed by atoms with Crippen molar-refractivity contribution in [3.8, 4) is 0 Å². The van der Waals surface area contributed by atoms with Crippen LogP contribution in [0.2, 0.25) is 0 Å². The number of ether oxygens (including phenoxy) is 4. The summed E-state index contributed by atoms with van der Waals surface area (Å²) in [5.41, 5.74) is 0. The minimum absolute atomic E-state index is 0.0369. The third-order valence-electron chi connectivity index (χ3n) is 2.67. The lowest BCUT2D eigenvalue weighted by atomic mass is 9.96. The van der Waals surface area contributed by atoms with Gasteiger partial charge in [-0.2, -0.15) is 0 Å². The van der Waals surface area contributed by atoms with Crippen LogP contribution in [-0.2, 0) is 18.9 Å². The van der Waals surface area contributed by atoms with Gasteiger partial charge in [0.15, 0.2) is 6.29 Å². The molecule has 2 fully saturated rings. The van der Waals surface area contributed by atoms with Gasteiger partial charge < -0.3 is 18.9 Å². The average molecular weight is 202 g/mol. The lowest BCUT2D eigenvalue weighted by Gasteiger charge is -2.31. The summed E-state index contributed by atoms with van der Waals surface area (Å²) in [5.74, 6) is 1.01. The molecule has 2 heterocycles. The molecule has 2 aliphatic heterocycles. The Hall–Kier alpha value is -0.160. The predicted molar refractivity (Wildman–Crippen MR) is 49.7 cm³/mol. The largest absolute Gasteiger partial charge is 0.355 e. The van der Waals surface area contributed by atoms with Gasteiger partial charge in [0.1, 0.15) is 6.79 Å². The first-order chi connectivity index (χ1) is 6.84. The first-order valence-corrected chi connectivity index (χ1v) is 5.23. The van der Waals surface area contributed by atoms with E-state index in [1.54, 1.807) is 0 Å². The molecule has 0 saturated carbocycles. The van der Waals surface area contributed by atoms with E-state index in [2.05, 4.69) is 0 Å². The van der Waals surface area contributed by atoms with Gasteiger partial charge in [-0.05, 0) is 13.3 Å². The molecule has 2 aliphatic rings. The molecule has 0 N–H and O–H groups in total. The van der Waals surface area contributed by atoms with Crippen LogP contribution < -0.4 is 0 Å². The summed E-state index contributed by atoms with van der Waals surface area (Å²) in [7, 11) is 0. The van der Waals surface area contributed by atoms with Crippen molar-refractivity contribution in [2.75, 3.05) is 33.2 Å². The quantitative estimate of drug-likeness (QED) is 0.669. The minimum Gasteiger partial charge on any atom is -0.355 e. The normalized spacial score (nSPS) is 35.8. The Labute approximate surface area is 84.5 Å². The maximum absolute atomic E-state index is 5.43. The summed E-state index contributed by atoms with van der Waals surface area (Å²) in [5, 5.41) is 0. The topological polar surface area (TPSA) is 36.9 Å². The molecule has 4 nitrogen and oxygen atoms in total. The van der Waals surface area contributed by atoms with Gasteiger partial charge in [0.05, 0.1) is 26.4 Å². The summed E-state index contributed by atoms with van der Waals surface area (Å²) >= 11 is 0. The molecule has 2 saturated heterocycles. The van der Waals surface area contributed by atoms with E-state index in [0.717, 1.165) is 32.8 Å². The monoisotopic (exact) mass is 202 g/mol. The summed E-state index contributed by atoms with van der Waals surface area (Å²) in [6, 6.07) is 0. The van der Waals surface area contributed by atoms with Crippen molar-refractivity contribution in [2.24, 2.45) is 11.8 Å². The Kier molecular flexibility index (Phi) is 3.75. The summed E-state index contributed by atoms with van der Waals surface area (Å²) < 4.78 is 21.3. The van der Waals surface area contributed by atoms with Gasteiger partial charge >= 0.3 is 0 Å². The molecule has 82 valence electrons. The van der Waals surface area contributed by atoms with E-state index < -0.39 is 0 Å². The van der Waals surface area contributed by atoms with Crippen molar-refractivity contribution < 1.29 is 18.9 Å². The van der Waals surface area contributed by atoms with Gasteiger partial charge in [-0.25, -0.2) is 0 Å². The fraction of sp³-hybridized carbons (Fsp3) is 1.00. The van der Waals surface area contributed by atoms with Crippen molar-refractivity contribution in [1.29, 1.82) is 0 Å². The minimum atomic E-state index is -0.0369. The van der Waals surface area contributed by atoms with Gasteiger partial charge in [-0.1, -0.05) is 0 Å². The van der Waals surface area contributed by atoms with Crippen LogP contribution in [0.25, 0.3) is 0 Å². The standard InChI is InChI=1S/C10H18O4/c1-8-13-5-10(6-14-8)2-9-3-11-7-12-4-9/h8-10H,2-7H2,1H3. The zero-order valence-corrected chi connectivity index (χ0v) is 8.61. The molecule has 14 heavy (non-hydrogen) atoms. The summed E-state index contributed by atoms with van der Waals surface area (Å²) in [4.78, 5) is 0. The second-order valence-corrected chi connectivity index (χ2v) is 4.06. The molecule has 0 spiro atoms. The highest BCUT2D eigenvalue weighted by Gasteiger charge is 2.24. The first kappa shape index (κ1) is 10.4. The molecular weight excluding hydrogens is 184 g/mol. The van der Waals surface area contributed by atoms with Crippen molar-refractivity contribution in [1.82, 2.24) is 0 Å². The van der Waals surface area contributed by atoms with E-state index in [4.69, 9.17) is 18.9 Å². The van der Waals surface area contributed by atoms with Gasteiger partial charge in [0.2, 0.25) is 0 Å². The highest BCUT2D eigenvalue weighted by Crippen LogP contribution is 2.21. The Bertz CT molecular complexity index is 160. The molecule has 0 aromatic carbocycles. The van der Waals surface area contributed by atoms with Gasteiger partial charge in [0, 0.05) is 11.8 Å². The van der Waals surface area contributed by atoms with Crippen LogP contribution in [0.5, 0.6) is 0 Å². The fourth-order valence-corrected chi connectivity index (χ4v) is 1.92. The van der Waals surface area contributed by atoms with Crippen LogP contribution in [-0.4, -0.2) is 39.5 Å². The second-order valence-electron chi connectivity index (χ2n) is 4.06. The van der Waals surface area contributed by atoms with Gasteiger partial charge in [-0.3, -0.25) is 0 Å². The molecule has 4 heteroatoms. The van der Waals surface area contributed by atoms with Crippen LogP contribution in [0.3, 0.4) is 0 Å². The molecule has 0 amide bonds. The lowest BCUT2D eigenvalue weighted by molar-refractivity contribution is -0.198. The van der Waals surface area contributed by atoms with E-state index >= 15 is 0 Å². The molecule has 2 rings (SSSR count). The van der Waals surface area contributed by atoms with Gasteiger partial charge in [-0.15, -0.1) is 0 Å². The predicted octanol–water partition coefficient (Wildman–Crippen LogP) is 1.01. The molecule has 0 atom stereocenters. The molecular formula is C10H18O4. The fourth-order valence-electron chi connectivity index (χ4n) is 1.92. The number of rotatable bonds is 2. The van der Waals surface area contributed by atoms with E-state index in [0.29, 0.717) is 18.6 Å². The Morgan fingerprint density at radius 3 is 2.14 bits per heavy atom. The van der Waals surface area contributed by atoms with Crippen LogP contribution in [0.1, 0.15) is 13.3 Å². The van der Waals surface area contributed by atoms with Gasteiger partial charge in [0.25, 0.3) is 0 Å². The van der Waals surface area contributed by atoms with E-state index in [9.17, 15) is 0 Å². The number of hydrogen-bond donors (Lipinski definition) is 0. The highest BCUT2D eigenvalue weighted by molar-refractivity contribution is 4.69. The van der Waals surface area contributed by atoms with E-state index in [1.807, 2.05) is 6.92 Å². The summed E-state index contributed by atoms with van der Waals surface area (Å²) in [6.45, 7) is 5.61. The Morgan fingerprint density at radius 1 is 0.929 bits per heavy atom. The van der Waals surface area contributed by atoms with E-state index in [1.165, 1.54) is 0 Å². The SMILES string of the molecule is CC1OCC(CC2COCOC2)CO1. The summed E-state index contributed by atoms with van der Waals surface area (Å²) in [6.07, 6.45) is 1.04. The maximum Gasteiger partial charge on any atom is 0.154 e. The number of hydrogen-bond acceptors (Lipinski definition) is 4. The Morgan fingerprint density at radius 2 is 1.50 bits per heavy atom. The highest BCUT2D eigenvalue weighted by atomic mass is 16.7. The second kappa shape index (κ2) is 5.07. The van der Waals surface area contributed by atoms with Crippen LogP contribution >= 0.6 is 0 Å². The lowest BCUT2D eigenvalue weighted by Crippen LogP contribution is -2.34. The van der Waals surface area contributed by atoms with Crippen molar-refractivity contribution >= 4 is 0 Å². The zero-order valence-electron chi connectivity index (χ0n) is 8.61. The molecule has 0 bridgehead atoms. The maximum atomic E-state index is 5.43. The Balaban J connectivity index is 1.68. The molecule has 0 radical (unpaired) electrons. The van der Waals surface area contributed by atoms with Crippen LogP contribution in [0.15, 0.2) is 0 Å². The van der Waals surface area contributed by atoms with Crippen molar-refractivity contribution in [3.05, 3.63) is 0 Å². The average Bonchev–Trinajstić information content (AvgIpc) is 2.23. The smallest absolute Gasteiger partial charge is 0.154 e. The first-order valence-electron chi connectivity index (χ1n) is 5.23. The molecule has 0 unspecified atom stereocenters. The third kappa shape index (κ3) is 2.92. The van der Waals surface area contributed by atoms with Crippen molar-refractivity contribution in [3.63, 3.8) is 0 Å². The van der Waals surface area contributed by atoms with Crippen LogP contribution in [0, 0.1) is 11.8 Å². The van der Waals surface area contributed by atoms with Crippen LogP contribution in [0.4, 0.5) is 0 Å². The third-order valence-corrected chi connectivity index (χ3v) is 2.67. The molecule has 0 aliphatic carbocycles. The molecule has 0 aromatic heterocycles.